The molecular weight excluding hydrogens is 266 g/mol. The van der Waals surface area contributed by atoms with Gasteiger partial charge >= 0.3 is 0 Å². The average Bonchev–Trinajstić information content (AvgIpc) is 2.19. The fraction of sp³-hybridized carbons (Fsp3) is 0.538. The van der Waals surface area contributed by atoms with E-state index in [1.807, 2.05) is 12.1 Å². The van der Waals surface area contributed by atoms with Gasteiger partial charge in [-0.25, -0.2) is 0 Å². The van der Waals surface area contributed by atoms with E-state index in [9.17, 15) is 0 Å². The van der Waals surface area contributed by atoms with Gasteiger partial charge in [-0.3, -0.25) is 0 Å². The smallest absolute Gasteiger partial charge is 0.122 e. The highest BCUT2D eigenvalue weighted by molar-refractivity contribution is 9.10. The topological polar surface area (TPSA) is 35.2 Å². The molecule has 1 saturated carbocycles. The lowest BCUT2D eigenvalue weighted by Gasteiger charge is -2.25. The van der Waals surface area contributed by atoms with E-state index in [1.54, 1.807) is 0 Å². The first-order valence-electron chi connectivity index (χ1n) is 5.91. The van der Waals surface area contributed by atoms with Crippen LogP contribution in [-0.4, -0.2) is 13.2 Å². The minimum Gasteiger partial charge on any atom is -0.493 e. The third-order valence-electron chi connectivity index (χ3n) is 3.14. The van der Waals surface area contributed by atoms with Crippen molar-refractivity contribution >= 4 is 15.9 Å². The van der Waals surface area contributed by atoms with Crippen molar-refractivity contribution < 1.29 is 4.74 Å². The summed E-state index contributed by atoms with van der Waals surface area (Å²) in [6.07, 6.45) is 4.88. The van der Waals surface area contributed by atoms with Crippen LogP contribution in [-0.2, 0) is 6.42 Å². The van der Waals surface area contributed by atoms with E-state index >= 15 is 0 Å². The maximum atomic E-state index is 5.87. The molecular formula is C13H18BrNO. The normalized spacial score (nSPS) is 15.9. The number of hydrogen-bond donors (Lipinski definition) is 1. The zero-order chi connectivity index (χ0) is 11.4. The first-order valence-corrected chi connectivity index (χ1v) is 6.70. The van der Waals surface area contributed by atoms with Gasteiger partial charge in [0.05, 0.1) is 6.61 Å². The molecule has 16 heavy (non-hydrogen) atoms. The van der Waals surface area contributed by atoms with Crippen molar-refractivity contribution in [1.82, 2.24) is 0 Å². The number of halogens is 1. The summed E-state index contributed by atoms with van der Waals surface area (Å²) in [5.74, 6) is 1.77. The van der Waals surface area contributed by atoms with E-state index in [1.165, 1.54) is 24.8 Å². The molecule has 0 saturated heterocycles. The number of hydrogen-bond acceptors (Lipinski definition) is 2. The van der Waals surface area contributed by atoms with Crippen LogP contribution in [0.15, 0.2) is 22.7 Å². The van der Waals surface area contributed by atoms with Crippen LogP contribution in [0, 0.1) is 5.92 Å². The van der Waals surface area contributed by atoms with Crippen molar-refractivity contribution in [3.05, 3.63) is 28.2 Å². The SMILES string of the molecule is NCCc1cc(Br)ccc1OCC1CCC1. The second-order valence-corrected chi connectivity index (χ2v) is 5.31. The van der Waals surface area contributed by atoms with E-state index in [-0.39, 0.29) is 0 Å². The Kier molecular flexibility index (Phi) is 4.24. The van der Waals surface area contributed by atoms with Gasteiger partial charge in [-0.2, -0.15) is 0 Å². The number of rotatable bonds is 5. The second kappa shape index (κ2) is 5.69. The second-order valence-electron chi connectivity index (χ2n) is 4.40. The summed E-state index contributed by atoms with van der Waals surface area (Å²) >= 11 is 3.47. The molecule has 1 aliphatic rings. The summed E-state index contributed by atoms with van der Waals surface area (Å²) in [6, 6.07) is 6.16. The number of nitrogens with two attached hydrogens (primary N) is 1. The average molecular weight is 284 g/mol. The molecule has 3 heteroatoms. The van der Waals surface area contributed by atoms with Crippen LogP contribution in [0.25, 0.3) is 0 Å². The summed E-state index contributed by atoms with van der Waals surface area (Å²) in [7, 11) is 0. The Morgan fingerprint density at radius 2 is 2.19 bits per heavy atom. The van der Waals surface area contributed by atoms with E-state index in [0.717, 1.165) is 29.2 Å². The molecule has 0 spiro atoms. The molecule has 0 aromatic heterocycles. The molecule has 0 unspecified atom stereocenters. The summed E-state index contributed by atoms with van der Waals surface area (Å²) < 4.78 is 6.96. The quantitative estimate of drug-likeness (QED) is 0.901. The third-order valence-corrected chi connectivity index (χ3v) is 3.63. The van der Waals surface area contributed by atoms with Gasteiger partial charge in [-0.1, -0.05) is 22.4 Å². The molecule has 0 amide bonds. The molecule has 2 rings (SSSR count). The van der Waals surface area contributed by atoms with Crippen LogP contribution in [0.2, 0.25) is 0 Å². The largest absolute Gasteiger partial charge is 0.493 e. The van der Waals surface area contributed by atoms with E-state index in [4.69, 9.17) is 10.5 Å². The molecule has 1 aromatic rings. The van der Waals surface area contributed by atoms with Gasteiger partial charge in [-0.15, -0.1) is 0 Å². The number of ether oxygens (including phenoxy) is 1. The molecule has 1 aliphatic carbocycles. The molecule has 1 aromatic carbocycles. The maximum Gasteiger partial charge on any atom is 0.122 e. The molecule has 0 bridgehead atoms. The summed E-state index contributed by atoms with van der Waals surface area (Å²) in [5, 5.41) is 0. The lowest BCUT2D eigenvalue weighted by Crippen LogP contribution is -2.19. The molecule has 0 aliphatic heterocycles. The van der Waals surface area contributed by atoms with Crippen LogP contribution in [0.3, 0.4) is 0 Å². The highest BCUT2D eigenvalue weighted by atomic mass is 79.9. The molecule has 1 fully saturated rings. The van der Waals surface area contributed by atoms with Gasteiger partial charge < -0.3 is 10.5 Å². The lowest BCUT2D eigenvalue weighted by atomic mass is 9.86. The Bertz CT molecular complexity index is 350. The summed E-state index contributed by atoms with van der Waals surface area (Å²) in [5.41, 5.74) is 6.81. The Hall–Kier alpha value is -0.540. The van der Waals surface area contributed by atoms with Crippen LogP contribution >= 0.6 is 15.9 Å². The third kappa shape index (κ3) is 2.98. The fourth-order valence-corrected chi connectivity index (χ4v) is 2.32. The van der Waals surface area contributed by atoms with Gasteiger partial charge in [0.25, 0.3) is 0 Å². The molecule has 0 heterocycles. The first-order chi connectivity index (χ1) is 7.79. The zero-order valence-electron chi connectivity index (χ0n) is 9.42. The van der Waals surface area contributed by atoms with Gasteiger partial charge in [0.15, 0.2) is 0 Å². The van der Waals surface area contributed by atoms with Gasteiger partial charge in [0.2, 0.25) is 0 Å². The van der Waals surface area contributed by atoms with E-state index < -0.39 is 0 Å². The Morgan fingerprint density at radius 3 is 2.81 bits per heavy atom. The Balaban J connectivity index is 1.99. The van der Waals surface area contributed by atoms with E-state index in [2.05, 4.69) is 22.0 Å². The van der Waals surface area contributed by atoms with Gasteiger partial charge in [-0.05, 0) is 55.5 Å². The zero-order valence-corrected chi connectivity index (χ0v) is 11.0. The predicted octanol–water partition coefficient (Wildman–Crippen LogP) is 3.13. The van der Waals surface area contributed by atoms with Crippen molar-refractivity contribution in [1.29, 1.82) is 0 Å². The monoisotopic (exact) mass is 283 g/mol. The Morgan fingerprint density at radius 1 is 1.38 bits per heavy atom. The number of benzene rings is 1. The standard InChI is InChI=1S/C13H18BrNO/c14-12-4-5-13(11(8-12)6-7-15)16-9-10-2-1-3-10/h4-5,8,10H,1-3,6-7,9,15H2. The first kappa shape index (κ1) is 11.9. The minimum absolute atomic E-state index is 0.663. The highest BCUT2D eigenvalue weighted by Gasteiger charge is 2.18. The molecule has 88 valence electrons. The van der Waals surface area contributed by atoms with Crippen molar-refractivity contribution in [3.8, 4) is 5.75 Å². The van der Waals surface area contributed by atoms with Gasteiger partial charge in [0.1, 0.15) is 5.75 Å². The minimum atomic E-state index is 0.663. The fourth-order valence-electron chi connectivity index (χ4n) is 1.91. The maximum absolute atomic E-state index is 5.87. The molecule has 0 radical (unpaired) electrons. The van der Waals surface area contributed by atoms with E-state index in [0.29, 0.717) is 6.54 Å². The summed E-state index contributed by atoms with van der Waals surface area (Å²) in [6.45, 7) is 1.52. The Labute approximate surface area is 105 Å². The molecule has 2 N–H and O–H groups in total. The van der Waals surface area contributed by atoms with Crippen molar-refractivity contribution in [2.24, 2.45) is 11.7 Å². The van der Waals surface area contributed by atoms with Crippen LogP contribution in [0.4, 0.5) is 0 Å². The molecule has 0 atom stereocenters. The highest BCUT2D eigenvalue weighted by Crippen LogP contribution is 2.29. The molecule has 2 nitrogen and oxygen atoms in total. The predicted molar refractivity (Wildman–Crippen MR) is 69.7 cm³/mol. The van der Waals surface area contributed by atoms with Crippen molar-refractivity contribution in [2.45, 2.75) is 25.7 Å². The lowest BCUT2D eigenvalue weighted by molar-refractivity contribution is 0.179. The van der Waals surface area contributed by atoms with Crippen LogP contribution in [0.1, 0.15) is 24.8 Å². The van der Waals surface area contributed by atoms with Gasteiger partial charge in [0, 0.05) is 4.47 Å². The van der Waals surface area contributed by atoms with Crippen LogP contribution in [0.5, 0.6) is 5.75 Å². The van der Waals surface area contributed by atoms with Crippen LogP contribution < -0.4 is 10.5 Å². The van der Waals surface area contributed by atoms with Crippen molar-refractivity contribution in [2.75, 3.05) is 13.2 Å². The van der Waals surface area contributed by atoms with Crippen molar-refractivity contribution in [3.63, 3.8) is 0 Å². The summed E-state index contributed by atoms with van der Waals surface area (Å²) in [4.78, 5) is 0.